The first-order valence-corrected chi connectivity index (χ1v) is 7.31. The van der Waals surface area contributed by atoms with Crippen LogP contribution in [0, 0.1) is 5.92 Å². The summed E-state index contributed by atoms with van der Waals surface area (Å²) >= 11 is 0. The van der Waals surface area contributed by atoms with Gasteiger partial charge < -0.3 is 15.4 Å². The van der Waals surface area contributed by atoms with Gasteiger partial charge >= 0.3 is 0 Å². The van der Waals surface area contributed by atoms with Gasteiger partial charge in [0.05, 0.1) is 19.2 Å². The molecular formula is C16H21ClN4O2. The second kappa shape index (κ2) is 7.48. The van der Waals surface area contributed by atoms with E-state index in [1.807, 2.05) is 43.7 Å². The summed E-state index contributed by atoms with van der Waals surface area (Å²) in [5.41, 5.74) is 1.88. The van der Waals surface area contributed by atoms with E-state index in [0.29, 0.717) is 6.54 Å². The molecule has 0 radical (unpaired) electrons. The molecule has 1 aliphatic rings. The van der Waals surface area contributed by atoms with Crippen LogP contribution < -0.4 is 15.4 Å². The van der Waals surface area contributed by atoms with Gasteiger partial charge in [-0.2, -0.15) is 5.10 Å². The number of methoxy groups -OCH3 is 1. The largest absolute Gasteiger partial charge is 0.497 e. The number of ether oxygens (including phenoxy) is 1. The minimum atomic E-state index is -0.0914. The Morgan fingerprint density at radius 1 is 1.35 bits per heavy atom. The second-order valence-corrected chi connectivity index (χ2v) is 5.54. The summed E-state index contributed by atoms with van der Waals surface area (Å²) in [6.45, 7) is 1.48. The van der Waals surface area contributed by atoms with Crippen LogP contribution in [0.15, 0.2) is 36.7 Å². The number of hydrogen-bond acceptors (Lipinski definition) is 4. The number of nitrogens with zero attached hydrogens (tertiary/aromatic N) is 2. The molecule has 7 heteroatoms. The molecule has 2 heterocycles. The van der Waals surface area contributed by atoms with E-state index in [1.165, 1.54) is 0 Å². The number of aromatic nitrogens is 2. The molecule has 3 rings (SSSR count). The molecule has 0 unspecified atom stereocenters. The van der Waals surface area contributed by atoms with Gasteiger partial charge in [-0.3, -0.25) is 9.48 Å². The van der Waals surface area contributed by atoms with Gasteiger partial charge in [-0.15, -0.1) is 12.4 Å². The van der Waals surface area contributed by atoms with E-state index in [9.17, 15) is 4.79 Å². The molecule has 0 aliphatic carbocycles. The first-order valence-electron chi connectivity index (χ1n) is 7.31. The van der Waals surface area contributed by atoms with Crippen molar-refractivity contribution >= 4 is 24.0 Å². The highest BCUT2D eigenvalue weighted by Gasteiger charge is 2.34. The Kier molecular flexibility index (Phi) is 5.63. The molecule has 1 saturated heterocycles. The van der Waals surface area contributed by atoms with Crippen LogP contribution >= 0.6 is 12.4 Å². The van der Waals surface area contributed by atoms with Gasteiger partial charge in [-0.25, -0.2) is 0 Å². The number of amides is 1. The van der Waals surface area contributed by atoms with Crippen molar-refractivity contribution in [2.24, 2.45) is 13.0 Å². The molecule has 6 nitrogen and oxygen atoms in total. The zero-order valence-corrected chi connectivity index (χ0v) is 14.0. The molecule has 1 aromatic heterocycles. The van der Waals surface area contributed by atoms with Crippen LogP contribution in [0.3, 0.4) is 0 Å². The third-order valence-electron chi connectivity index (χ3n) is 4.06. The molecule has 1 amide bonds. The van der Waals surface area contributed by atoms with Gasteiger partial charge in [0.25, 0.3) is 0 Å². The molecule has 124 valence electrons. The minimum absolute atomic E-state index is 0. The number of rotatable bonds is 4. The Hall–Kier alpha value is -2.05. The quantitative estimate of drug-likeness (QED) is 0.893. The lowest BCUT2D eigenvalue weighted by atomic mass is 9.90. The number of carbonyl (C=O) groups excluding carboxylic acids is 1. The van der Waals surface area contributed by atoms with Crippen LogP contribution in [0.4, 0.5) is 5.69 Å². The molecule has 1 aromatic carbocycles. The molecule has 2 atom stereocenters. The van der Waals surface area contributed by atoms with Crippen LogP contribution in [0.25, 0.3) is 0 Å². The monoisotopic (exact) mass is 336 g/mol. The van der Waals surface area contributed by atoms with Crippen LogP contribution in [0.1, 0.15) is 11.5 Å². The van der Waals surface area contributed by atoms with Crippen LogP contribution in [-0.4, -0.2) is 35.9 Å². The fourth-order valence-electron chi connectivity index (χ4n) is 2.85. The van der Waals surface area contributed by atoms with Crippen molar-refractivity contribution in [2.45, 2.75) is 5.92 Å². The van der Waals surface area contributed by atoms with Gasteiger partial charge in [-0.1, -0.05) is 0 Å². The molecule has 1 aliphatic heterocycles. The summed E-state index contributed by atoms with van der Waals surface area (Å²) < 4.78 is 6.89. The molecule has 0 bridgehead atoms. The molecule has 1 fully saturated rings. The van der Waals surface area contributed by atoms with Crippen molar-refractivity contribution in [3.8, 4) is 5.75 Å². The Morgan fingerprint density at radius 3 is 2.70 bits per heavy atom. The molecule has 2 N–H and O–H groups in total. The summed E-state index contributed by atoms with van der Waals surface area (Å²) in [4.78, 5) is 12.6. The van der Waals surface area contributed by atoms with Gasteiger partial charge in [0.1, 0.15) is 5.75 Å². The van der Waals surface area contributed by atoms with Crippen molar-refractivity contribution in [3.05, 3.63) is 42.2 Å². The van der Waals surface area contributed by atoms with E-state index < -0.39 is 0 Å². The van der Waals surface area contributed by atoms with Gasteiger partial charge in [0, 0.05) is 37.9 Å². The van der Waals surface area contributed by atoms with Crippen molar-refractivity contribution in [3.63, 3.8) is 0 Å². The Bertz CT molecular complexity index is 656. The van der Waals surface area contributed by atoms with Crippen LogP contribution in [0.2, 0.25) is 0 Å². The molecule has 23 heavy (non-hydrogen) atoms. The first kappa shape index (κ1) is 17.3. The van der Waals surface area contributed by atoms with Crippen molar-refractivity contribution in [1.29, 1.82) is 0 Å². The molecule has 2 aromatic rings. The standard InChI is InChI=1S/C16H20N4O2.ClH/c1-20-10-11(7-18-20)14-8-17-9-15(14)16(21)19-12-3-5-13(22-2)6-4-12;/h3-7,10,14-15,17H,8-9H2,1-2H3,(H,19,21);1H/t14-,15+;/m1./s1. The topological polar surface area (TPSA) is 68.2 Å². The average Bonchev–Trinajstić information content (AvgIpc) is 3.16. The van der Waals surface area contributed by atoms with E-state index in [-0.39, 0.29) is 30.2 Å². The molecule has 0 spiro atoms. The maximum Gasteiger partial charge on any atom is 0.229 e. The SMILES string of the molecule is COc1ccc(NC(=O)[C@H]2CNC[C@@H]2c2cnn(C)c2)cc1.Cl. The minimum Gasteiger partial charge on any atom is -0.497 e. The van der Waals surface area contributed by atoms with E-state index in [1.54, 1.807) is 11.8 Å². The lowest BCUT2D eigenvalue weighted by Gasteiger charge is -2.17. The van der Waals surface area contributed by atoms with Gasteiger partial charge in [0.15, 0.2) is 0 Å². The number of benzene rings is 1. The lowest BCUT2D eigenvalue weighted by molar-refractivity contribution is -0.119. The smallest absolute Gasteiger partial charge is 0.229 e. The Morgan fingerprint density at radius 2 is 2.09 bits per heavy atom. The third-order valence-corrected chi connectivity index (χ3v) is 4.06. The first-order chi connectivity index (χ1) is 10.7. The summed E-state index contributed by atoms with van der Waals surface area (Å²) in [7, 11) is 3.51. The number of carbonyl (C=O) groups is 1. The summed E-state index contributed by atoms with van der Waals surface area (Å²) in [6.07, 6.45) is 3.82. The number of nitrogens with one attached hydrogen (secondary N) is 2. The van der Waals surface area contributed by atoms with Crippen LogP contribution in [-0.2, 0) is 11.8 Å². The average molecular weight is 337 g/mol. The summed E-state index contributed by atoms with van der Waals surface area (Å²) in [5, 5.41) is 10.5. The highest BCUT2D eigenvalue weighted by molar-refractivity contribution is 5.93. The Balaban J connectivity index is 0.00000192. The van der Waals surface area contributed by atoms with Gasteiger partial charge in [0.2, 0.25) is 5.91 Å². The van der Waals surface area contributed by atoms with E-state index in [4.69, 9.17) is 4.74 Å². The second-order valence-electron chi connectivity index (χ2n) is 5.54. The number of aryl methyl sites for hydroxylation is 1. The highest BCUT2D eigenvalue weighted by Crippen LogP contribution is 2.29. The van der Waals surface area contributed by atoms with E-state index >= 15 is 0 Å². The predicted octanol–water partition coefficient (Wildman–Crippen LogP) is 1.79. The maximum atomic E-state index is 12.6. The number of halogens is 1. The maximum absolute atomic E-state index is 12.6. The fourth-order valence-corrected chi connectivity index (χ4v) is 2.85. The fraction of sp³-hybridized carbons (Fsp3) is 0.375. The van der Waals surface area contributed by atoms with E-state index in [0.717, 1.165) is 23.5 Å². The van der Waals surface area contributed by atoms with Crippen molar-refractivity contribution in [2.75, 3.05) is 25.5 Å². The lowest BCUT2D eigenvalue weighted by Crippen LogP contribution is -2.28. The number of anilines is 1. The number of hydrogen-bond donors (Lipinski definition) is 2. The van der Waals surface area contributed by atoms with Gasteiger partial charge in [-0.05, 0) is 29.8 Å². The Labute approximate surface area is 141 Å². The molecule has 0 saturated carbocycles. The predicted molar refractivity (Wildman–Crippen MR) is 91.2 cm³/mol. The zero-order chi connectivity index (χ0) is 15.5. The van der Waals surface area contributed by atoms with E-state index in [2.05, 4.69) is 15.7 Å². The van der Waals surface area contributed by atoms with Crippen molar-refractivity contribution in [1.82, 2.24) is 15.1 Å². The molecular weight excluding hydrogens is 316 g/mol. The summed E-state index contributed by atoms with van der Waals surface area (Å²) in [5.74, 6) is 0.871. The highest BCUT2D eigenvalue weighted by atomic mass is 35.5. The third kappa shape index (κ3) is 3.83. The van der Waals surface area contributed by atoms with Crippen molar-refractivity contribution < 1.29 is 9.53 Å². The normalized spacial score (nSPS) is 19.9. The summed E-state index contributed by atoms with van der Waals surface area (Å²) in [6, 6.07) is 7.36. The zero-order valence-electron chi connectivity index (χ0n) is 13.2. The van der Waals surface area contributed by atoms with Crippen LogP contribution in [0.5, 0.6) is 5.75 Å².